The third kappa shape index (κ3) is 3.64. The molecule has 0 saturated carbocycles. The van der Waals surface area contributed by atoms with Gasteiger partial charge in [-0.3, -0.25) is 4.79 Å². The molecule has 1 saturated heterocycles. The van der Waals surface area contributed by atoms with Crippen LogP contribution < -0.4 is 5.32 Å². The predicted molar refractivity (Wildman–Crippen MR) is 106 cm³/mol. The number of anilines is 1. The number of carbonyl (C=O) groups excluding carboxylic acids is 1. The fourth-order valence-corrected chi connectivity index (χ4v) is 4.07. The minimum absolute atomic E-state index is 0.0175. The number of halogens is 1. The fourth-order valence-electron chi connectivity index (χ4n) is 4.07. The van der Waals surface area contributed by atoms with Gasteiger partial charge in [-0.25, -0.2) is 14.4 Å². The zero-order valence-electron chi connectivity index (χ0n) is 16.5. The number of amides is 1. The molecule has 152 valence electrons. The maximum Gasteiger partial charge on any atom is 0.235 e. The number of hydrogen-bond donors (Lipinski definition) is 1. The minimum Gasteiger partial charge on any atom is -0.349 e. The number of likely N-dealkylation sites (tertiary alicyclic amines) is 1. The molecular weight excluding hydrogens is 373 g/mol. The highest BCUT2D eigenvalue weighted by molar-refractivity contribution is 5.93. The predicted octanol–water partition coefficient (Wildman–Crippen LogP) is 2.51. The third-order valence-corrected chi connectivity index (χ3v) is 5.77. The van der Waals surface area contributed by atoms with Crippen LogP contribution in [0, 0.1) is 11.2 Å². The Morgan fingerprint density at radius 2 is 2.00 bits per heavy atom. The van der Waals surface area contributed by atoms with Crippen molar-refractivity contribution in [3.05, 3.63) is 48.8 Å². The SMILES string of the molecule is C[C@H]1[C@H](Nc2ncc(F)cn2)CCCN1C(=O)C1(C)CC=CC=C1n1nccn1. The summed E-state index contributed by atoms with van der Waals surface area (Å²) in [5.41, 5.74) is 0.00943. The Kier molecular flexibility index (Phi) is 5.12. The first kappa shape index (κ1) is 19.2. The number of nitrogens with zero attached hydrogens (tertiary/aromatic N) is 6. The molecule has 3 atom stereocenters. The number of piperidine rings is 1. The van der Waals surface area contributed by atoms with E-state index in [0.29, 0.717) is 18.9 Å². The maximum absolute atomic E-state index is 13.7. The van der Waals surface area contributed by atoms with E-state index in [4.69, 9.17) is 0 Å². The van der Waals surface area contributed by atoms with Crippen LogP contribution in [-0.4, -0.2) is 54.4 Å². The van der Waals surface area contributed by atoms with Crippen molar-refractivity contribution in [2.45, 2.75) is 45.2 Å². The number of nitrogens with one attached hydrogen (secondary N) is 1. The van der Waals surface area contributed by atoms with Crippen LogP contribution in [0.15, 0.2) is 43.0 Å². The number of hydrogen-bond acceptors (Lipinski definition) is 6. The average Bonchev–Trinajstić information content (AvgIpc) is 3.25. The summed E-state index contributed by atoms with van der Waals surface area (Å²) in [5, 5.41) is 11.7. The van der Waals surface area contributed by atoms with Crippen molar-refractivity contribution >= 4 is 17.6 Å². The van der Waals surface area contributed by atoms with Gasteiger partial charge in [-0.05, 0) is 39.2 Å². The van der Waals surface area contributed by atoms with Gasteiger partial charge in [0, 0.05) is 18.6 Å². The van der Waals surface area contributed by atoms with E-state index in [0.717, 1.165) is 30.9 Å². The number of aromatic nitrogens is 5. The standard InChI is InChI=1S/C20H24FN7O/c1-14-16(26-19-22-12-15(21)13-23-19)6-5-11-27(14)18(29)20(2)8-4-3-7-17(20)28-24-9-10-25-28/h3-4,7,9-10,12-14,16H,5-6,8,11H2,1-2H3,(H,22,23,26)/t14-,16+,20?/m0/s1. The Morgan fingerprint density at radius 1 is 1.28 bits per heavy atom. The van der Waals surface area contributed by atoms with Gasteiger partial charge in [-0.15, -0.1) is 0 Å². The molecule has 29 heavy (non-hydrogen) atoms. The molecule has 4 rings (SSSR count). The summed E-state index contributed by atoms with van der Waals surface area (Å²) < 4.78 is 13.1. The van der Waals surface area contributed by atoms with Gasteiger partial charge in [-0.1, -0.05) is 12.2 Å². The normalized spacial score (nSPS) is 26.9. The first-order chi connectivity index (χ1) is 14.0. The van der Waals surface area contributed by atoms with Gasteiger partial charge < -0.3 is 10.2 Å². The van der Waals surface area contributed by atoms with E-state index in [1.807, 2.05) is 37.0 Å². The second kappa shape index (κ2) is 7.73. The van der Waals surface area contributed by atoms with Gasteiger partial charge in [0.15, 0.2) is 5.82 Å². The average molecular weight is 397 g/mol. The molecule has 1 fully saturated rings. The van der Waals surface area contributed by atoms with Crippen molar-refractivity contribution < 1.29 is 9.18 Å². The van der Waals surface area contributed by atoms with E-state index >= 15 is 0 Å². The molecule has 1 aliphatic carbocycles. The smallest absolute Gasteiger partial charge is 0.235 e. The highest BCUT2D eigenvalue weighted by Crippen LogP contribution is 2.40. The molecule has 2 aliphatic rings. The molecule has 0 aromatic carbocycles. The number of carbonyl (C=O) groups is 1. The lowest BCUT2D eigenvalue weighted by Crippen LogP contribution is -2.56. The molecule has 2 aromatic heterocycles. The monoisotopic (exact) mass is 397 g/mol. The topological polar surface area (TPSA) is 88.8 Å². The molecule has 3 heterocycles. The van der Waals surface area contributed by atoms with Crippen molar-refractivity contribution in [3.63, 3.8) is 0 Å². The fraction of sp³-hybridized carbons (Fsp3) is 0.450. The van der Waals surface area contributed by atoms with Gasteiger partial charge in [0.05, 0.1) is 35.9 Å². The van der Waals surface area contributed by atoms with Crippen LogP contribution in [-0.2, 0) is 4.79 Å². The van der Waals surface area contributed by atoms with E-state index < -0.39 is 11.2 Å². The van der Waals surface area contributed by atoms with Crippen molar-refractivity contribution in [1.29, 1.82) is 0 Å². The van der Waals surface area contributed by atoms with E-state index in [1.54, 1.807) is 12.4 Å². The molecule has 8 nitrogen and oxygen atoms in total. The van der Waals surface area contributed by atoms with Crippen LogP contribution in [0.3, 0.4) is 0 Å². The number of allylic oxidation sites excluding steroid dienone is 3. The van der Waals surface area contributed by atoms with Crippen LogP contribution in [0.5, 0.6) is 0 Å². The lowest BCUT2D eigenvalue weighted by Gasteiger charge is -2.44. The zero-order valence-corrected chi connectivity index (χ0v) is 16.5. The zero-order chi connectivity index (χ0) is 20.4. The first-order valence-corrected chi connectivity index (χ1v) is 9.78. The Hall–Kier alpha value is -3.10. The molecule has 0 radical (unpaired) electrons. The lowest BCUT2D eigenvalue weighted by atomic mass is 9.78. The minimum atomic E-state index is -0.754. The van der Waals surface area contributed by atoms with Crippen molar-refractivity contribution in [3.8, 4) is 0 Å². The Bertz CT molecular complexity index is 925. The summed E-state index contributed by atoms with van der Waals surface area (Å²) in [6.07, 6.45) is 13.6. The van der Waals surface area contributed by atoms with Crippen molar-refractivity contribution in [2.75, 3.05) is 11.9 Å². The first-order valence-electron chi connectivity index (χ1n) is 9.78. The Labute approximate surface area is 168 Å². The molecule has 1 unspecified atom stereocenters. The lowest BCUT2D eigenvalue weighted by molar-refractivity contribution is -0.142. The Balaban J connectivity index is 1.55. The third-order valence-electron chi connectivity index (χ3n) is 5.77. The molecule has 9 heteroatoms. The summed E-state index contributed by atoms with van der Waals surface area (Å²) in [4.78, 5) is 25.1. The summed E-state index contributed by atoms with van der Waals surface area (Å²) in [6.45, 7) is 4.65. The van der Waals surface area contributed by atoms with E-state index in [1.165, 1.54) is 4.80 Å². The van der Waals surface area contributed by atoms with Gasteiger partial charge >= 0.3 is 0 Å². The second-order valence-electron chi connectivity index (χ2n) is 7.69. The van der Waals surface area contributed by atoms with Crippen molar-refractivity contribution in [1.82, 2.24) is 29.9 Å². The summed E-state index contributed by atoms with van der Waals surface area (Å²) >= 11 is 0. The number of rotatable bonds is 4. The summed E-state index contributed by atoms with van der Waals surface area (Å²) in [7, 11) is 0. The van der Waals surface area contributed by atoms with Gasteiger partial charge in [0.25, 0.3) is 0 Å². The van der Waals surface area contributed by atoms with Crippen LogP contribution in [0.1, 0.15) is 33.1 Å². The van der Waals surface area contributed by atoms with Gasteiger partial charge in [0.2, 0.25) is 11.9 Å². The molecular formula is C20H24FN7O. The largest absolute Gasteiger partial charge is 0.349 e. The molecule has 1 aliphatic heterocycles. The maximum atomic E-state index is 13.7. The van der Waals surface area contributed by atoms with Crippen molar-refractivity contribution in [2.24, 2.45) is 5.41 Å². The Morgan fingerprint density at radius 3 is 2.72 bits per heavy atom. The molecule has 2 aromatic rings. The summed E-state index contributed by atoms with van der Waals surface area (Å²) in [5.74, 6) is -0.0658. The highest BCUT2D eigenvalue weighted by atomic mass is 19.1. The van der Waals surface area contributed by atoms with Crippen LogP contribution in [0.2, 0.25) is 0 Å². The van der Waals surface area contributed by atoms with Crippen LogP contribution in [0.25, 0.3) is 5.70 Å². The van der Waals surface area contributed by atoms with E-state index in [9.17, 15) is 9.18 Å². The molecule has 0 bridgehead atoms. The highest BCUT2D eigenvalue weighted by Gasteiger charge is 2.45. The summed E-state index contributed by atoms with van der Waals surface area (Å²) in [6, 6.07) is -0.0874. The second-order valence-corrected chi connectivity index (χ2v) is 7.69. The molecule has 0 spiro atoms. The molecule has 1 amide bonds. The van der Waals surface area contributed by atoms with Crippen LogP contribution in [0.4, 0.5) is 10.3 Å². The van der Waals surface area contributed by atoms with Gasteiger partial charge in [0.1, 0.15) is 0 Å². The van der Waals surface area contributed by atoms with Crippen LogP contribution >= 0.6 is 0 Å². The van der Waals surface area contributed by atoms with Gasteiger partial charge in [-0.2, -0.15) is 15.0 Å². The quantitative estimate of drug-likeness (QED) is 0.853. The van der Waals surface area contributed by atoms with E-state index in [2.05, 4.69) is 25.5 Å². The van der Waals surface area contributed by atoms with E-state index in [-0.39, 0.29) is 18.0 Å². The molecule has 1 N–H and O–H groups in total.